The molecular formula is C23H25ClN2O3S2. The number of carbonyl (C=O) groups excluding carboxylic acids is 1. The summed E-state index contributed by atoms with van der Waals surface area (Å²) in [7, 11) is -3.51. The van der Waals surface area contributed by atoms with Gasteiger partial charge in [-0.15, -0.1) is 11.8 Å². The number of carbonyl (C=O) groups is 1. The first-order chi connectivity index (χ1) is 14.9. The van der Waals surface area contributed by atoms with E-state index in [-0.39, 0.29) is 34.9 Å². The van der Waals surface area contributed by atoms with Gasteiger partial charge in [0, 0.05) is 21.6 Å². The molecule has 1 saturated carbocycles. The van der Waals surface area contributed by atoms with Crippen molar-refractivity contribution in [1.29, 1.82) is 5.26 Å². The fourth-order valence-corrected chi connectivity index (χ4v) is 6.80. The lowest BCUT2D eigenvalue weighted by atomic mass is 9.80. The summed E-state index contributed by atoms with van der Waals surface area (Å²) in [6, 6.07) is 16.5. The monoisotopic (exact) mass is 476 g/mol. The number of nitrogens with zero attached hydrogens (tertiary/aromatic N) is 1. The van der Waals surface area contributed by atoms with Crippen LogP contribution in [0.25, 0.3) is 0 Å². The van der Waals surface area contributed by atoms with E-state index < -0.39 is 9.84 Å². The third kappa shape index (κ3) is 6.49. The molecule has 0 spiro atoms. The predicted octanol–water partition coefficient (Wildman–Crippen LogP) is 4.85. The molecule has 1 amide bonds. The average Bonchev–Trinajstić information content (AvgIpc) is 2.77. The third-order valence-corrected chi connectivity index (χ3v) is 8.84. The summed E-state index contributed by atoms with van der Waals surface area (Å²) in [5.41, 5.74) is 1.03. The van der Waals surface area contributed by atoms with E-state index in [1.807, 2.05) is 42.5 Å². The molecule has 0 unspecified atom stereocenters. The van der Waals surface area contributed by atoms with Crippen LogP contribution >= 0.6 is 23.4 Å². The zero-order valence-corrected chi connectivity index (χ0v) is 19.5. The van der Waals surface area contributed by atoms with Crippen LogP contribution in [0.3, 0.4) is 0 Å². The van der Waals surface area contributed by atoms with Crippen molar-refractivity contribution in [2.75, 3.05) is 12.3 Å². The first-order valence-corrected chi connectivity index (χ1v) is 13.3. The van der Waals surface area contributed by atoms with Crippen molar-refractivity contribution in [2.24, 2.45) is 11.8 Å². The van der Waals surface area contributed by atoms with E-state index in [1.54, 1.807) is 23.9 Å². The van der Waals surface area contributed by atoms with E-state index in [4.69, 9.17) is 16.9 Å². The number of nitriles is 1. The first-order valence-electron chi connectivity index (χ1n) is 10.2. The van der Waals surface area contributed by atoms with E-state index in [1.165, 1.54) is 0 Å². The molecule has 0 bridgehead atoms. The molecule has 1 fully saturated rings. The maximum absolute atomic E-state index is 13.0. The summed E-state index contributed by atoms with van der Waals surface area (Å²) in [4.78, 5) is 13.6. The van der Waals surface area contributed by atoms with Crippen LogP contribution < -0.4 is 5.32 Å². The van der Waals surface area contributed by atoms with E-state index in [0.29, 0.717) is 18.6 Å². The Balaban J connectivity index is 1.65. The SMILES string of the molecule is N#CCNC(=O)[C@H]1CCCC[C@@H]1CS(=O)(=O)c1ccc(SCc2ccccc2Cl)cc1. The van der Waals surface area contributed by atoms with E-state index in [2.05, 4.69) is 5.32 Å². The topological polar surface area (TPSA) is 87.0 Å². The molecule has 1 aliphatic carbocycles. The van der Waals surface area contributed by atoms with Gasteiger partial charge in [0.05, 0.1) is 16.7 Å². The Bertz CT molecular complexity index is 1050. The molecule has 0 aromatic heterocycles. The minimum atomic E-state index is -3.51. The molecule has 0 aliphatic heterocycles. The highest BCUT2D eigenvalue weighted by Gasteiger charge is 2.34. The maximum atomic E-state index is 13.0. The van der Waals surface area contributed by atoms with Gasteiger partial charge < -0.3 is 5.32 Å². The van der Waals surface area contributed by atoms with Crippen molar-refractivity contribution in [3.05, 3.63) is 59.1 Å². The van der Waals surface area contributed by atoms with Crippen LogP contribution in [0.4, 0.5) is 0 Å². The molecule has 0 heterocycles. The van der Waals surface area contributed by atoms with Crippen molar-refractivity contribution in [2.45, 2.75) is 41.2 Å². The molecule has 1 aliphatic rings. The Morgan fingerprint density at radius 2 is 1.84 bits per heavy atom. The van der Waals surface area contributed by atoms with Gasteiger partial charge >= 0.3 is 0 Å². The summed E-state index contributed by atoms with van der Waals surface area (Å²) in [5.74, 6) is -0.154. The standard InChI is InChI=1S/C23H25ClN2O3S2/c24-22-8-4-2-5-17(22)15-30-19-9-11-20(12-10-19)31(28,29)16-18-6-1-3-7-21(18)23(27)26-14-13-25/h2,4-5,8-12,18,21H,1,3,6-7,14-16H2,(H,26,27)/t18-,21+/m1/s1. The molecule has 3 rings (SSSR count). The minimum absolute atomic E-state index is 0.0518. The van der Waals surface area contributed by atoms with E-state index in [9.17, 15) is 13.2 Å². The molecule has 5 nitrogen and oxygen atoms in total. The molecule has 2 aromatic rings. The highest BCUT2D eigenvalue weighted by molar-refractivity contribution is 7.98. The van der Waals surface area contributed by atoms with Crippen LogP contribution in [0, 0.1) is 23.2 Å². The normalized spacial score (nSPS) is 18.8. The molecule has 8 heteroatoms. The highest BCUT2D eigenvalue weighted by atomic mass is 35.5. The van der Waals surface area contributed by atoms with Crippen LogP contribution in [0.1, 0.15) is 31.2 Å². The molecule has 164 valence electrons. The van der Waals surface area contributed by atoms with Gasteiger partial charge in [-0.05, 0) is 54.7 Å². The number of rotatable bonds is 8. The van der Waals surface area contributed by atoms with Gasteiger partial charge in [-0.1, -0.05) is 42.6 Å². The molecule has 2 aromatic carbocycles. The zero-order valence-electron chi connectivity index (χ0n) is 17.1. The quantitative estimate of drug-likeness (QED) is 0.434. The largest absolute Gasteiger partial charge is 0.343 e. The van der Waals surface area contributed by atoms with Gasteiger partial charge in [0.2, 0.25) is 5.91 Å². The Labute approximate surface area is 193 Å². The Kier molecular flexibility index (Phi) is 8.42. The van der Waals surface area contributed by atoms with Crippen molar-refractivity contribution >= 4 is 39.1 Å². The smallest absolute Gasteiger partial charge is 0.224 e. The lowest BCUT2D eigenvalue weighted by molar-refractivity contribution is -0.127. The zero-order chi connectivity index (χ0) is 22.3. The number of hydrogen-bond acceptors (Lipinski definition) is 5. The average molecular weight is 477 g/mol. The van der Waals surface area contributed by atoms with Gasteiger partial charge in [-0.3, -0.25) is 4.79 Å². The number of hydrogen-bond donors (Lipinski definition) is 1. The fraction of sp³-hybridized carbons (Fsp3) is 0.391. The summed E-state index contributed by atoms with van der Waals surface area (Å²) < 4.78 is 26.0. The van der Waals surface area contributed by atoms with Crippen molar-refractivity contribution in [1.82, 2.24) is 5.32 Å². The molecule has 2 atom stereocenters. The third-order valence-electron chi connectivity index (χ3n) is 5.56. The molecule has 0 radical (unpaired) electrons. The van der Waals surface area contributed by atoms with Crippen LogP contribution in [-0.2, 0) is 20.4 Å². The summed E-state index contributed by atoms with van der Waals surface area (Å²) in [6.07, 6.45) is 3.18. The fourth-order valence-electron chi connectivity index (χ4n) is 3.91. The lowest BCUT2D eigenvalue weighted by Crippen LogP contribution is -2.39. The number of nitrogens with one attached hydrogen (secondary N) is 1. The first kappa shape index (κ1) is 23.6. The lowest BCUT2D eigenvalue weighted by Gasteiger charge is -2.30. The number of amides is 1. The van der Waals surface area contributed by atoms with Crippen LogP contribution in [-0.4, -0.2) is 26.6 Å². The highest BCUT2D eigenvalue weighted by Crippen LogP contribution is 2.33. The Morgan fingerprint density at radius 1 is 1.13 bits per heavy atom. The summed E-state index contributed by atoms with van der Waals surface area (Å²) >= 11 is 7.79. The summed E-state index contributed by atoms with van der Waals surface area (Å²) in [6.45, 7) is -0.0534. The van der Waals surface area contributed by atoms with E-state index >= 15 is 0 Å². The second-order valence-electron chi connectivity index (χ2n) is 7.66. The van der Waals surface area contributed by atoms with Gasteiger partial charge in [0.15, 0.2) is 9.84 Å². The Morgan fingerprint density at radius 3 is 2.55 bits per heavy atom. The van der Waals surface area contributed by atoms with Crippen LogP contribution in [0.15, 0.2) is 58.3 Å². The molecular weight excluding hydrogens is 452 g/mol. The van der Waals surface area contributed by atoms with Gasteiger partial charge in [-0.25, -0.2) is 8.42 Å². The number of sulfone groups is 1. The van der Waals surface area contributed by atoms with Crippen molar-refractivity contribution < 1.29 is 13.2 Å². The number of halogens is 1. The minimum Gasteiger partial charge on any atom is -0.343 e. The van der Waals surface area contributed by atoms with Gasteiger partial charge in [0.1, 0.15) is 6.54 Å². The van der Waals surface area contributed by atoms with Gasteiger partial charge in [0.25, 0.3) is 0 Å². The second-order valence-corrected chi connectivity index (χ2v) is 11.2. The van der Waals surface area contributed by atoms with Crippen molar-refractivity contribution in [3.8, 4) is 6.07 Å². The van der Waals surface area contributed by atoms with E-state index in [0.717, 1.165) is 28.3 Å². The number of thioether (sulfide) groups is 1. The molecule has 0 saturated heterocycles. The van der Waals surface area contributed by atoms with Crippen LogP contribution in [0.2, 0.25) is 5.02 Å². The van der Waals surface area contributed by atoms with Gasteiger partial charge in [-0.2, -0.15) is 5.26 Å². The molecule has 31 heavy (non-hydrogen) atoms. The van der Waals surface area contributed by atoms with Crippen LogP contribution in [0.5, 0.6) is 0 Å². The second kappa shape index (κ2) is 11.0. The predicted molar refractivity (Wildman–Crippen MR) is 124 cm³/mol. The molecule has 1 N–H and O–H groups in total. The summed E-state index contributed by atoms with van der Waals surface area (Å²) in [5, 5.41) is 12.0. The van der Waals surface area contributed by atoms with Crippen molar-refractivity contribution in [3.63, 3.8) is 0 Å². The number of benzene rings is 2. The Hall–Kier alpha value is -2.01. The maximum Gasteiger partial charge on any atom is 0.224 e.